The number of rotatable bonds is 6. The number of methoxy groups -OCH3 is 2. The zero-order valence-electron chi connectivity index (χ0n) is 12.7. The molecule has 1 aromatic carbocycles. The Morgan fingerprint density at radius 3 is 2.32 bits per heavy atom. The summed E-state index contributed by atoms with van der Waals surface area (Å²) in [6, 6.07) is 5.98. The van der Waals surface area contributed by atoms with Gasteiger partial charge in [-0.1, -0.05) is 12.1 Å². The van der Waals surface area contributed by atoms with E-state index in [1.165, 1.54) is 32.4 Å². The van der Waals surface area contributed by atoms with Crippen LogP contribution >= 0.6 is 0 Å². The summed E-state index contributed by atoms with van der Waals surface area (Å²) in [4.78, 5) is 22.9. The van der Waals surface area contributed by atoms with Crippen LogP contribution in [0.25, 0.3) is 0 Å². The molecule has 0 aliphatic heterocycles. The molecule has 0 unspecified atom stereocenters. The van der Waals surface area contributed by atoms with Crippen LogP contribution in [0.5, 0.6) is 0 Å². The summed E-state index contributed by atoms with van der Waals surface area (Å²) >= 11 is 0. The van der Waals surface area contributed by atoms with Gasteiger partial charge in [-0.15, -0.1) is 0 Å². The Morgan fingerprint density at radius 1 is 1.14 bits per heavy atom. The number of hydrogen-bond donors (Lipinski definition) is 1. The maximum absolute atomic E-state index is 12.8. The van der Waals surface area contributed by atoms with E-state index in [0.29, 0.717) is 12.2 Å². The van der Waals surface area contributed by atoms with Gasteiger partial charge in [0.1, 0.15) is 5.82 Å². The Hall–Kier alpha value is -2.63. The van der Waals surface area contributed by atoms with Gasteiger partial charge < -0.3 is 14.8 Å². The van der Waals surface area contributed by atoms with Crippen LogP contribution in [-0.4, -0.2) is 26.2 Å². The van der Waals surface area contributed by atoms with E-state index in [4.69, 9.17) is 0 Å². The van der Waals surface area contributed by atoms with Gasteiger partial charge in [-0.05, 0) is 30.7 Å². The van der Waals surface area contributed by atoms with E-state index < -0.39 is 11.9 Å². The summed E-state index contributed by atoms with van der Waals surface area (Å²) in [6.45, 7) is 2.08. The summed E-state index contributed by atoms with van der Waals surface area (Å²) in [5.41, 5.74) is 1.58. The van der Waals surface area contributed by atoms with E-state index in [1.54, 1.807) is 19.1 Å². The second-order valence-electron chi connectivity index (χ2n) is 4.37. The van der Waals surface area contributed by atoms with Crippen molar-refractivity contribution in [3.8, 4) is 0 Å². The monoisotopic (exact) mass is 307 g/mol. The number of halogens is 1. The van der Waals surface area contributed by atoms with Gasteiger partial charge in [0.2, 0.25) is 0 Å². The zero-order valence-corrected chi connectivity index (χ0v) is 12.7. The average Bonchev–Trinajstić information content (AvgIpc) is 2.53. The Kier molecular flexibility index (Phi) is 6.82. The summed E-state index contributed by atoms with van der Waals surface area (Å²) < 4.78 is 22.0. The van der Waals surface area contributed by atoms with Crippen LogP contribution in [0.15, 0.2) is 47.7 Å². The van der Waals surface area contributed by atoms with Crippen molar-refractivity contribution < 1.29 is 23.5 Å². The van der Waals surface area contributed by atoms with Crippen molar-refractivity contribution >= 4 is 11.9 Å². The van der Waals surface area contributed by atoms with Gasteiger partial charge in [0, 0.05) is 18.3 Å². The fraction of sp³-hybridized carbons (Fsp3) is 0.250. The first-order chi connectivity index (χ1) is 10.5. The fourth-order valence-corrected chi connectivity index (χ4v) is 1.61. The minimum Gasteiger partial charge on any atom is -0.466 e. The van der Waals surface area contributed by atoms with Gasteiger partial charge in [0.05, 0.1) is 19.8 Å². The van der Waals surface area contributed by atoms with Crippen molar-refractivity contribution in [1.29, 1.82) is 0 Å². The smallest absolute Gasteiger partial charge is 0.339 e. The van der Waals surface area contributed by atoms with Crippen LogP contribution in [0.1, 0.15) is 12.5 Å². The molecule has 0 aliphatic carbocycles. The van der Waals surface area contributed by atoms with E-state index >= 15 is 0 Å². The minimum atomic E-state index is -0.579. The number of nitrogens with one attached hydrogen (secondary N) is 1. The largest absolute Gasteiger partial charge is 0.466 e. The predicted molar refractivity (Wildman–Crippen MR) is 79.1 cm³/mol. The molecule has 6 heteroatoms. The Balaban J connectivity index is 2.86. The lowest BCUT2D eigenvalue weighted by molar-refractivity contribution is -0.135. The van der Waals surface area contributed by atoms with Gasteiger partial charge >= 0.3 is 11.9 Å². The molecule has 5 nitrogen and oxygen atoms in total. The summed E-state index contributed by atoms with van der Waals surface area (Å²) in [6.07, 6.45) is 2.46. The van der Waals surface area contributed by atoms with Gasteiger partial charge in [-0.2, -0.15) is 0 Å². The highest BCUT2D eigenvalue weighted by molar-refractivity contribution is 5.94. The number of benzene rings is 1. The van der Waals surface area contributed by atoms with Crippen LogP contribution in [0.4, 0.5) is 4.39 Å². The van der Waals surface area contributed by atoms with E-state index in [9.17, 15) is 14.0 Å². The first kappa shape index (κ1) is 17.4. The predicted octanol–water partition coefficient (Wildman–Crippen LogP) is 2.09. The molecule has 1 rings (SSSR count). The highest BCUT2D eigenvalue weighted by atomic mass is 19.1. The molecule has 118 valence electrons. The SMILES string of the molecule is COC(=O)/C=C/C(C(=O)OC)=C(\C)NCc1ccc(F)cc1. The first-order valence-corrected chi connectivity index (χ1v) is 6.51. The van der Waals surface area contributed by atoms with Crippen LogP contribution < -0.4 is 5.32 Å². The highest BCUT2D eigenvalue weighted by Gasteiger charge is 2.11. The van der Waals surface area contributed by atoms with Gasteiger partial charge in [0.25, 0.3) is 0 Å². The number of allylic oxidation sites excluding steroid dienone is 1. The van der Waals surface area contributed by atoms with E-state index in [-0.39, 0.29) is 11.4 Å². The molecule has 0 bridgehead atoms. The lowest BCUT2D eigenvalue weighted by Crippen LogP contribution is -2.16. The zero-order chi connectivity index (χ0) is 16.5. The normalized spacial score (nSPS) is 11.8. The number of esters is 2. The van der Waals surface area contributed by atoms with Gasteiger partial charge in [0.15, 0.2) is 0 Å². The maximum atomic E-state index is 12.8. The molecule has 0 radical (unpaired) electrons. The standard InChI is InChI=1S/C16H18FNO4/c1-11(18-10-12-4-6-13(17)7-5-12)14(16(20)22-3)8-9-15(19)21-2/h4-9,18H,10H2,1-3H3/b9-8+,14-11-. The number of hydrogen-bond acceptors (Lipinski definition) is 5. The maximum Gasteiger partial charge on any atom is 0.339 e. The molecule has 0 spiro atoms. The second-order valence-corrected chi connectivity index (χ2v) is 4.37. The molecular formula is C16H18FNO4. The molecule has 1 aromatic rings. The molecule has 0 fully saturated rings. The number of carbonyl (C=O) groups excluding carboxylic acids is 2. The van der Waals surface area contributed by atoms with E-state index in [0.717, 1.165) is 11.6 Å². The molecule has 0 amide bonds. The van der Waals surface area contributed by atoms with Crippen LogP contribution in [0.3, 0.4) is 0 Å². The van der Waals surface area contributed by atoms with Crippen LogP contribution in [0.2, 0.25) is 0 Å². The van der Waals surface area contributed by atoms with Gasteiger partial charge in [-0.25, -0.2) is 14.0 Å². The minimum absolute atomic E-state index is 0.204. The van der Waals surface area contributed by atoms with Crippen molar-refractivity contribution in [2.75, 3.05) is 14.2 Å². The molecular weight excluding hydrogens is 289 g/mol. The van der Waals surface area contributed by atoms with Crippen LogP contribution in [0, 0.1) is 5.82 Å². The third-order valence-electron chi connectivity index (χ3n) is 2.87. The first-order valence-electron chi connectivity index (χ1n) is 6.51. The Morgan fingerprint density at radius 2 is 1.77 bits per heavy atom. The Bertz CT molecular complexity index is 591. The summed E-state index contributed by atoms with van der Waals surface area (Å²) in [7, 11) is 2.50. The number of carbonyl (C=O) groups is 2. The molecule has 0 aliphatic rings. The van der Waals surface area contributed by atoms with Crippen LogP contribution in [-0.2, 0) is 25.6 Å². The molecule has 1 N–H and O–H groups in total. The van der Waals surface area contributed by atoms with E-state index in [1.807, 2.05) is 0 Å². The molecule has 0 heterocycles. The third-order valence-corrected chi connectivity index (χ3v) is 2.87. The average molecular weight is 307 g/mol. The second kappa shape index (κ2) is 8.61. The topological polar surface area (TPSA) is 64.6 Å². The quantitative estimate of drug-likeness (QED) is 0.495. The molecule has 0 aromatic heterocycles. The Labute approximate surface area is 128 Å². The van der Waals surface area contributed by atoms with Crippen molar-refractivity contribution in [2.24, 2.45) is 0 Å². The summed E-state index contributed by atoms with van der Waals surface area (Å²) in [5, 5.41) is 3.03. The van der Waals surface area contributed by atoms with E-state index in [2.05, 4.69) is 14.8 Å². The van der Waals surface area contributed by atoms with Crippen molar-refractivity contribution in [1.82, 2.24) is 5.32 Å². The summed E-state index contributed by atoms with van der Waals surface area (Å²) in [5.74, 6) is -1.47. The van der Waals surface area contributed by atoms with Gasteiger partial charge in [-0.3, -0.25) is 0 Å². The van der Waals surface area contributed by atoms with Crippen molar-refractivity contribution in [3.05, 3.63) is 59.1 Å². The van der Waals surface area contributed by atoms with Crippen molar-refractivity contribution in [2.45, 2.75) is 13.5 Å². The molecule has 0 saturated heterocycles. The highest BCUT2D eigenvalue weighted by Crippen LogP contribution is 2.08. The third kappa shape index (κ3) is 5.40. The molecule has 0 saturated carbocycles. The lowest BCUT2D eigenvalue weighted by Gasteiger charge is -2.10. The molecule has 22 heavy (non-hydrogen) atoms. The number of ether oxygens (including phenoxy) is 2. The lowest BCUT2D eigenvalue weighted by atomic mass is 10.1. The van der Waals surface area contributed by atoms with Crippen molar-refractivity contribution in [3.63, 3.8) is 0 Å². The fourth-order valence-electron chi connectivity index (χ4n) is 1.61. The molecule has 0 atom stereocenters.